The van der Waals surface area contributed by atoms with Crippen molar-refractivity contribution in [1.29, 1.82) is 0 Å². The first-order valence-corrected chi connectivity index (χ1v) is 6.39. The Bertz CT molecular complexity index is 652. The van der Waals surface area contributed by atoms with Gasteiger partial charge in [-0.1, -0.05) is 12.1 Å². The number of hydrogen-bond acceptors (Lipinski definition) is 5. The number of halogens is 1. The van der Waals surface area contributed by atoms with Crippen LogP contribution in [0.5, 0.6) is 0 Å². The first-order valence-electron chi connectivity index (χ1n) is 4.54. The summed E-state index contributed by atoms with van der Waals surface area (Å²) in [6.07, 6.45) is 1.74. The smallest absolute Gasteiger partial charge is 0.203 e. The number of hydrogen-bond donors (Lipinski definition) is 0. The Labute approximate surface area is 109 Å². The highest BCUT2D eigenvalue weighted by molar-refractivity contribution is 14.1. The molecule has 0 saturated heterocycles. The van der Waals surface area contributed by atoms with Gasteiger partial charge in [0.05, 0.1) is 17.2 Å². The average Bonchev–Trinajstić information content (AvgIpc) is 2.75. The van der Waals surface area contributed by atoms with E-state index in [0.717, 1.165) is 25.6 Å². The molecule has 0 N–H and O–H groups in total. The predicted molar refractivity (Wildman–Crippen MR) is 71.2 cm³/mol. The second-order valence-electron chi connectivity index (χ2n) is 3.11. The summed E-state index contributed by atoms with van der Waals surface area (Å²) in [6.45, 7) is 0. The van der Waals surface area contributed by atoms with E-state index in [0.29, 0.717) is 0 Å². The summed E-state index contributed by atoms with van der Waals surface area (Å²) in [5.41, 5.74) is 2.55. The molecule has 78 valence electrons. The Morgan fingerprint density at radius 3 is 2.62 bits per heavy atom. The van der Waals surface area contributed by atoms with Crippen LogP contribution in [0.25, 0.3) is 21.7 Å². The van der Waals surface area contributed by atoms with Gasteiger partial charge in [0.15, 0.2) is 5.01 Å². The lowest BCUT2D eigenvalue weighted by molar-refractivity contribution is 1.22. The van der Waals surface area contributed by atoms with Crippen LogP contribution in [0.2, 0.25) is 0 Å². The highest BCUT2D eigenvalue weighted by Gasteiger charge is 2.07. The monoisotopic (exact) mass is 340 g/mol. The molecule has 1 aromatic carbocycles. The predicted octanol–water partition coefficient (Wildman–Crippen LogP) is 2.75. The van der Waals surface area contributed by atoms with E-state index < -0.39 is 0 Å². The Kier molecular flexibility index (Phi) is 2.52. The SMILES string of the molecule is Ic1nsc(-c2cnc3ccccc3n2)n1. The quantitative estimate of drug-likeness (QED) is 0.639. The third kappa shape index (κ3) is 1.78. The van der Waals surface area contributed by atoms with Crippen LogP contribution in [0, 0.1) is 3.83 Å². The summed E-state index contributed by atoms with van der Waals surface area (Å²) in [5, 5.41) is 0.808. The molecule has 0 atom stereocenters. The van der Waals surface area contributed by atoms with Crippen molar-refractivity contribution in [1.82, 2.24) is 19.3 Å². The largest absolute Gasteiger partial charge is 0.252 e. The summed E-state index contributed by atoms with van der Waals surface area (Å²) in [7, 11) is 0. The van der Waals surface area contributed by atoms with Crippen LogP contribution in [0.4, 0.5) is 0 Å². The molecule has 16 heavy (non-hydrogen) atoms. The summed E-state index contributed by atoms with van der Waals surface area (Å²) >= 11 is 3.43. The van der Waals surface area contributed by atoms with Gasteiger partial charge in [-0.05, 0) is 23.7 Å². The minimum atomic E-state index is 0.743. The van der Waals surface area contributed by atoms with Gasteiger partial charge in [0.25, 0.3) is 0 Å². The number of benzene rings is 1. The van der Waals surface area contributed by atoms with Crippen molar-refractivity contribution >= 4 is 45.2 Å². The lowest BCUT2D eigenvalue weighted by atomic mass is 10.3. The van der Waals surface area contributed by atoms with Crippen LogP contribution in [-0.4, -0.2) is 19.3 Å². The summed E-state index contributed by atoms with van der Waals surface area (Å²) in [5.74, 6) is 0. The molecule has 0 radical (unpaired) electrons. The molecule has 0 saturated carbocycles. The third-order valence-electron chi connectivity index (χ3n) is 2.07. The van der Waals surface area contributed by atoms with E-state index in [2.05, 4.69) is 41.9 Å². The van der Waals surface area contributed by atoms with Gasteiger partial charge < -0.3 is 0 Å². The average molecular weight is 340 g/mol. The van der Waals surface area contributed by atoms with Crippen molar-refractivity contribution in [3.8, 4) is 10.7 Å². The molecule has 0 bridgehead atoms. The van der Waals surface area contributed by atoms with Gasteiger partial charge in [0.2, 0.25) is 3.83 Å². The zero-order valence-electron chi connectivity index (χ0n) is 7.96. The maximum absolute atomic E-state index is 4.50. The molecule has 0 fully saturated rings. The van der Waals surface area contributed by atoms with E-state index in [1.165, 1.54) is 11.5 Å². The maximum atomic E-state index is 4.50. The molecule has 0 aliphatic heterocycles. The van der Waals surface area contributed by atoms with Crippen molar-refractivity contribution in [2.24, 2.45) is 0 Å². The van der Waals surface area contributed by atoms with E-state index in [4.69, 9.17) is 0 Å². The van der Waals surface area contributed by atoms with Crippen LogP contribution in [0.15, 0.2) is 30.5 Å². The lowest BCUT2D eigenvalue weighted by Gasteiger charge is -1.97. The van der Waals surface area contributed by atoms with Crippen molar-refractivity contribution in [2.45, 2.75) is 0 Å². The standard InChI is InChI=1S/C10H5IN4S/c11-10-14-9(16-15-10)8-5-12-6-3-1-2-4-7(6)13-8/h1-5H. The topological polar surface area (TPSA) is 51.6 Å². The fraction of sp³-hybridized carbons (Fsp3) is 0. The molecule has 3 aromatic rings. The maximum Gasteiger partial charge on any atom is 0.203 e. The molecule has 6 heteroatoms. The molecule has 0 spiro atoms. The van der Waals surface area contributed by atoms with Gasteiger partial charge in [-0.25, -0.2) is 9.97 Å². The number of rotatable bonds is 1. The van der Waals surface area contributed by atoms with Gasteiger partial charge in [-0.2, -0.15) is 4.37 Å². The fourth-order valence-electron chi connectivity index (χ4n) is 1.37. The molecule has 0 unspecified atom stereocenters. The summed E-state index contributed by atoms with van der Waals surface area (Å²) < 4.78 is 4.87. The normalized spacial score (nSPS) is 10.8. The first-order chi connectivity index (χ1) is 7.83. The zero-order chi connectivity index (χ0) is 11.0. The molecule has 2 heterocycles. The van der Waals surface area contributed by atoms with E-state index in [1.807, 2.05) is 24.3 Å². The number of para-hydroxylation sites is 2. The Morgan fingerprint density at radius 1 is 1.06 bits per heavy atom. The molecule has 3 rings (SSSR count). The van der Waals surface area contributed by atoms with Crippen molar-refractivity contribution in [3.05, 3.63) is 34.3 Å². The molecule has 2 aromatic heterocycles. The van der Waals surface area contributed by atoms with Crippen molar-refractivity contribution in [3.63, 3.8) is 0 Å². The van der Waals surface area contributed by atoms with Crippen LogP contribution >= 0.6 is 34.1 Å². The Hall–Kier alpha value is -1.15. The number of aromatic nitrogens is 4. The van der Waals surface area contributed by atoms with Gasteiger partial charge in [-0.3, -0.25) is 4.98 Å². The highest BCUT2D eigenvalue weighted by Crippen LogP contribution is 2.21. The number of fused-ring (bicyclic) bond motifs is 1. The Morgan fingerprint density at radius 2 is 1.88 bits per heavy atom. The molecule has 4 nitrogen and oxygen atoms in total. The molecular formula is C10H5IN4S. The molecule has 0 aliphatic carbocycles. The van der Waals surface area contributed by atoms with Gasteiger partial charge in [0.1, 0.15) is 5.69 Å². The minimum Gasteiger partial charge on any atom is -0.252 e. The van der Waals surface area contributed by atoms with Gasteiger partial charge in [-0.15, -0.1) is 0 Å². The second kappa shape index (κ2) is 4.02. The van der Waals surface area contributed by atoms with E-state index in [9.17, 15) is 0 Å². The van der Waals surface area contributed by atoms with Crippen molar-refractivity contribution < 1.29 is 0 Å². The van der Waals surface area contributed by atoms with Crippen LogP contribution in [0.3, 0.4) is 0 Å². The fourth-order valence-corrected chi connectivity index (χ4v) is 2.59. The Balaban J connectivity index is 2.18. The number of nitrogens with zero attached hydrogens (tertiary/aromatic N) is 4. The summed E-state index contributed by atoms with van der Waals surface area (Å²) in [6, 6.07) is 7.78. The lowest BCUT2D eigenvalue weighted by Crippen LogP contribution is -1.87. The van der Waals surface area contributed by atoms with Gasteiger partial charge >= 0.3 is 0 Å². The van der Waals surface area contributed by atoms with E-state index in [-0.39, 0.29) is 0 Å². The molecule has 0 amide bonds. The first kappa shape index (κ1) is 10.0. The van der Waals surface area contributed by atoms with Crippen molar-refractivity contribution in [2.75, 3.05) is 0 Å². The minimum absolute atomic E-state index is 0.743. The van der Waals surface area contributed by atoms with Crippen LogP contribution in [0.1, 0.15) is 0 Å². The second-order valence-corrected chi connectivity index (χ2v) is 4.83. The van der Waals surface area contributed by atoms with Gasteiger partial charge in [0, 0.05) is 22.6 Å². The third-order valence-corrected chi connectivity index (χ3v) is 3.62. The highest BCUT2D eigenvalue weighted by atomic mass is 127. The van der Waals surface area contributed by atoms with E-state index >= 15 is 0 Å². The molecule has 0 aliphatic rings. The summed E-state index contributed by atoms with van der Waals surface area (Å²) in [4.78, 5) is 13.1. The molecular weight excluding hydrogens is 335 g/mol. The van der Waals surface area contributed by atoms with E-state index in [1.54, 1.807) is 6.20 Å². The zero-order valence-corrected chi connectivity index (χ0v) is 10.9. The van der Waals surface area contributed by atoms with Crippen LogP contribution in [-0.2, 0) is 0 Å². The van der Waals surface area contributed by atoms with Crippen LogP contribution < -0.4 is 0 Å².